The summed E-state index contributed by atoms with van der Waals surface area (Å²) in [6, 6.07) is 0. The second kappa shape index (κ2) is 8.51. The Balaban J connectivity index is 2.25. The molecule has 1 aromatic rings. The molecule has 0 amide bonds. The molecule has 1 aromatic heterocycles. The highest BCUT2D eigenvalue weighted by atomic mass is 32.1. The van der Waals surface area contributed by atoms with Crippen molar-refractivity contribution < 1.29 is 13.9 Å². The standard InChI is InChI=1S/C14H19FN2O3S/c1-10(2)13(18)20-8-6-4-3-5-7-17-12(21)11(15)9-16-14(17)19/h9H,1,3-8H2,2H3,(H,16,19). The van der Waals surface area contributed by atoms with Crippen LogP contribution in [0.3, 0.4) is 0 Å². The number of nitrogens with one attached hydrogen (secondary N) is 1. The lowest BCUT2D eigenvalue weighted by Crippen LogP contribution is -2.24. The molecule has 5 nitrogen and oxygen atoms in total. The van der Waals surface area contributed by atoms with Gasteiger partial charge in [0.05, 0.1) is 6.61 Å². The van der Waals surface area contributed by atoms with Gasteiger partial charge in [0.15, 0.2) is 5.82 Å². The van der Waals surface area contributed by atoms with Gasteiger partial charge >= 0.3 is 11.7 Å². The molecule has 0 atom stereocenters. The average Bonchev–Trinajstić information content (AvgIpc) is 2.44. The second-order valence-corrected chi connectivity index (χ2v) is 5.12. The summed E-state index contributed by atoms with van der Waals surface area (Å²) < 4.78 is 19.3. The number of ether oxygens (including phenoxy) is 1. The number of rotatable bonds is 8. The first kappa shape index (κ1) is 17.3. The number of carbonyl (C=O) groups is 1. The number of hydrogen-bond donors (Lipinski definition) is 1. The van der Waals surface area contributed by atoms with Crippen LogP contribution in [0.15, 0.2) is 23.1 Å². The van der Waals surface area contributed by atoms with E-state index in [-0.39, 0.29) is 10.6 Å². The minimum atomic E-state index is -0.601. The van der Waals surface area contributed by atoms with Crippen LogP contribution in [0.25, 0.3) is 0 Å². The third kappa shape index (κ3) is 5.63. The Hall–Kier alpha value is -1.76. The Kier molecular flexibility index (Phi) is 7.01. The molecule has 0 aliphatic carbocycles. The normalized spacial score (nSPS) is 10.4. The topological polar surface area (TPSA) is 64.1 Å². The maximum atomic E-state index is 13.2. The first-order valence-corrected chi connectivity index (χ1v) is 7.15. The van der Waals surface area contributed by atoms with Crippen molar-refractivity contribution >= 4 is 18.2 Å². The van der Waals surface area contributed by atoms with E-state index in [1.165, 1.54) is 4.57 Å². The summed E-state index contributed by atoms with van der Waals surface area (Å²) in [6.07, 6.45) is 4.10. The molecule has 7 heteroatoms. The number of H-pyrrole nitrogens is 1. The lowest BCUT2D eigenvalue weighted by molar-refractivity contribution is -0.139. The Labute approximate surface area is 127 Å². The van der Waals surface area contributed by atoms with Crippen LogP contribution in [0, 0.1) is 10.5 Å². The summed E-state index contributed by atoms with van der Waals surface area (Å²) >= 11 is 4.86. The summed E-state index contributed by atoms with van der Waals surface area (Å²) in [4.78, 5) is 24.9. The fraction of sp³-hybridized carbons (Fsp3) is 0.500. The van der Waals surface area contributed by atoms with Crippen LogP contribution in [-0.2, 0) is 16.1 Å². The number of esters is 1. The fourth-order valence-corrected chi connectivity index (χ4v) is 1.94. The van der Waals surface area contributed by atoms with E-state index in [0.29, 0.717) is 25.1 Å². The molecule has 0 aromatic carbocycles. The summed E-state index contributed by atoms with van der Waals surface area (Å²) in [5.74, 6) is -0.982. The molecule has 0 radical (unpaired) electrons. The maximum absolute atomic E-state index is 13.2. The molecule has 0 spiro atoms. The SMILES string of the molecule is C=C(C)C(=O)OCCCCCCn1c(=O)[nH]cc(F)c1=S. The molecule has 0 fully saturated rings. The highest BCUT2D eigenvalue weighted by Crippen LogP contribution is 2.04. The largest absolute Gasteiger partial charge is 0.462 e. The number of aromatic amines is 1. The summed E-state index contributed by atoms with van der Waals surface area (Å²) in [7, 11) is 0. The number of carbonyl (C=O) groups excluding carboxylic acids is 1. The van der Waals surface area contributed by atoms with Crippen LogP contribution in [0.2, 0.25) is 0 Å². The van der Waals surface area contributed by atoms with Gasteiger partial charge < -0.3 is 9.72 Å². The Bertz CT molecular complexity index is 621. The smallest absolute Gasteiger partial charge is 0.333 e. The Morgan fingerprint density at radius 2 is 2.10 bits per heavy atom. The van der Waals surface area contributed by atoms with Gasteiger partial charge in [-0.25, -0.2) is 14.0 Å². The zero-order chi connectivity index (χ0) is 15.8. The van der Waals surface area contributed by atoms with Crippen molar-refractivity contribution in [2.45, 2.75) is 39.2 Å². The lowest BCUT2D eigenvalue weighted by Gasteiger charge is -2.06. The molecule has 0 saturated carbocycles. The molecular formula is C14H19FN2O3S. The van der Waals surface area contributed by atoms with Crippen molar-refractivity contribution in [3.8, 4) is 0 Å². The molecule has 0 unspecified atom stereocenters. The summed E-state index contributed by atoms with van der Waals surface area (Å²) in [6.45, 7) is 5.82. The van der Waals surface area contributed by atoms with E-state index < -0.39 is 11.5 Å². The van der Waals surface area contributed by atoms with Crippen molar-refractivity contribution in [2.24, 2.45) is 0 Å². The molecule has 1 heterocycles. The minimum absolute atomic E-state index is 0.0749. The van der Waals surface area contributed by atoms with Crippen LogP contribution in [-0.4, -0.2) is 22.1 Å². The fourth-order valence-electron chi connectivity index (χ4n) is 1.70. The molecule has 0 aliphatic rings. The van der Waals surface area contributed by atoms with Gasteiger partial charge in [0.2, 0.25) is 0 Å². The van der Waals surface area contributed by atoms with E-state index in [0.717, 1.165) is 25.5 Å². The molecule has 0 bridgehead atoms. The molecule has 21 heavy (non-hydrogen) atoms. The molecule has 116 valence electrons. The predicted octanol–water partition coefficient (Wildman–Crippen LogP) is 2.72. The predicted molar refractivity (Wildman–Crippen MR) is 80.1 cm³/mol. The zero-order valence-electron chi connectivity index (χ0n) is 12.0. The monoisotopic (exact) mass is 314 g/mol. The van der Waals surface area contributed by atoms with Crippen molar-refractivity contribution in [2.75, 3.05) is 6.61 Å². The van der Waals surface area contributed by atoms with Gasteiger partial charge in [-0.2, -0.15) is 0 Å². The van der Waals surface area contributed by atoms with E-state index in [1.807, 2.05) is 0 Å². The highest BCUT2D eigenvalue weighted by molar-refractivity contribution is 7.71. The summed E-state index contributed by atoms with van der Waals surface area (Å²) in [5.41, 5.74) is -0.0218. The molecule has 1 N–H and O–H groups in total. The van der Waals surface area contributed by atoms with Crippen molar-refractivity contribution in [3.63, 3.8) is 0 Å². The van der Waals surface area contributed by atoms with Gasteiger partial charge in [0.1, 0.15) is 4.64 Å². The van der Waals surface area contributed by atoms with E-state index in [4.69, 9.17) is 17.0 Å². The molecule has 0 saturated heterocycles. The van der Waals surface area contributed by atoms with Gasteiger partial charge in [0, 0.05) is 18.3 Å². The van der Waals surface area contributed by atoms with Crippen LogP contribution < -0.4 is 5.69 Å². The van der Waals surface area contributed by atoms with Crippen molar-refractivity contribution in [1.82, 2.24) is 9.55 Å². The van der Waals surface area contributed by atoms with Gasteiger partial charge in [0.25, 0.3) is 0 Å². The molecular weight excluding hydrogens is 295 g/mol. The maximum Gasteiger partial charge on any atom is 0.333 e. The van der Waals surface area contributed by atoms with Gasteiger partial charge in [-0.1, -0.05) is 25.2 Å². The third-order valence-corrected chi connectivity index (χ3v) is 3.29. The van der Waals surface area contributed by atoms with Crippen molar-refractivity contribution in [3.05, 3.63) is 39.3 Å². The number of unbranched alkanes of at least 4 members (excludes halogenated alkanes) is 3. The number of halogens is 1. The van der Waals surface area contributed by atoms with Crippen LogP contribution in [0.4, 0.5) is 4.39 Å². The summed E-state index contributed by atoms with van der Waals surface area (Å²) in [5, 5.41) is 0. The van der Waals surface area contributed by atoms with Gasteiger partial charge in [-0.05, 0) is 26.2 Å². The third-order valence-electron chi connectivity index (χ3n) is 2.87. The van der Waals surface area contributed by atoms with E-state index >= 15 is 0 Å². The first-order valence-electron chi connectivity index (χ1n) is 6.74. The number of hydrogen-bond acceptors (Lipinski definition) is 4. The van der Waals surface area contributed by atoms with E-state index in [1.54, 1.807) is 6.92 Å². The van der Waals surface area contributed by atoms with Crippen LogP contribution >= 0.6 is 12.2 Å². The Morgan fingerprint density at radius 3 is 2.76 bits per heavy atom. The first-order chi connectivity index (χ1) is 9.93. The van der Waals surface area contributed by atoms with E-state index in [2.05, 4.69) is 11.6 Å². The Morgan fingerprint density at radius 1 is 1.43 bits per heavy atom. The number of aromatic nitrogens is 2. The molecule has 0 aliphatic heterocycles. The highest BCUT2D eigenvalue weighted by Gasteiger charge is 2.04. The zero-order valence-corrected chi connectivity index (χ0v) is 12.8. The van der Waals surface area contributed by atoms with Gasteiger partial charge in [-0.15, -0.1) is 0 Å². The van der Waals surface area contributed by atoms with Crippen molar-refractivity contribution in [1.29, 1.82) is 0 Å². The number of nitrogens with zero attached hydrogens (tertiary/aromatic N) is 1. The quantitative estimate of drug-likeness (QED) is 0.347. The van der Waals surface area contributed by atoms with Crippen LogP contribution in [0.5, 0.6) is 0 Å². The van der Waals surface area contributed by atoms with E-state index in [9.17, 15) is 14.0 Å². The molecule has 1 rings (SSSR count). The van der Waals surface area contributed by atoms with Gasteiger partial charge in [-0.3, -0.25) is 4.57 Å². The van der Waals surface area contributed by atoms with Crippen LogP contribution in [0.1, 0.15) is 32.6 Å². The second-order valence-electron chi connectivity index (χ2n) is 4.73. The average molecular weight is 314 g/mol. The lowest BCUT2D eigenvalue weighted by atomic mass is 10.2. The minimum Gasteiger partial charge on any atom is -0.462 e.